The van der Waals surface area contributed by atoms with Crippen molar-refractivity contribution in [1.82, 2.24) is 20.3 Å². The number of H-pyrrole nitrogens is 1. The van der Waals surface area contributed by atoms with E-state index < -0.39 is 0 Å². The summed E-state index contributed by atoms with van der Waals surface area (Å²) in [5.41, 5.74) is 1.39. The van der Waals surface area contributed by atoms with Crippen LogP contribution in [0.25, 0.3) is 11.0 Å². The molecular weight excluding hydrogens is 226 g/mol. The molecule has 2 aromatic heterocycles. The number of nitrogens with one attached hydrogen (secondary N) is 2. The molecule has 1 saturated carbocycles. The highest BCUT2D eigenvalue weighted by atomic mass is 15.2. The monoisotopic (exact) mass is 243 g/mol. The number of aromatic amines is 1. The van der Waals surface area contributed by atoms with Crippen LogP contribution in [0.5, 0.6) is 0 Å². The lowest BCUT2D eigenvalue weighted by Crippen LogP contribution is -2.32. The predicted octanol–water partition coefficient (Wildman–Crippen LogP) is 1.29. The van der Waals surface area contributed by atoms with Crippen LogP contribution in [0.4, 0.5) is 5.82 Å². The summed E-state index contributed by atoms with van der Waals surface area (Å²) in [4.78, 5) is 14.3. The molecule has 2 N–H and O–H groups in total. The Bertz CT molecular complexity index is 572. The van der Waals surface area contributed by atoms with Gasteiger partial charge in [-0.3, -0.25) is 0 Å². The highest BCUT2D eigenvalue weighted by Gasteiger charge is 2.43. The third-order valence-corrected chi connectivity index (χ3v) is 4.23. The van der Waals surface area contributed by atoms with E-state index in [1.807, 2.05) is 6.20 Å². The smallest absolute Gasteiger partial charge is 0.142 e. The van der Waals surface area contributed by atoms with Crippen molar-refractivity contribution in [3.8, 4) is 0 Å². The minimum Gasteiger partial charge on any atom is -0.355 e. The van der Waals surface area contributed by atoms with E-state index in [9.17, 15) is 0 Å². The molecule has 4 rings (SSSR count). The zero-order valence-electron chi connectivity index (χ0n) is 10.3. The van der Waals surface area contributed by atoms with Crippen LogP contribution in [-0.2, 0) is 0 Å². The predicted molar refractivity (Wildman–Crippen MR) is 70.7 cm³/mol. The Morgan fingerprint density at radius 3 is 3.00 bits per heavy atom. The highest BCUT2D eigenvalue weighted by molar-refractivity contribution is 5.87. The molecule has 5 nitrogen and oxygen atoms in total. The number of nitrogens with zero attached hydrogens (tertiary/aromatic N) is 3. The van der Waals surface area contributed by atoms with E-state index >= 15 is 0 Å². The van der Waals surface area contributed by atoms with Gasteiger partial charge in [-0.15, -0.1) is 0 Å². The molecule has 1 saturated heterocycles. The van der Waals surface area contributed by atoms with Gasteiger partial charge in [0.1, 0.15) is 17.8 Å². The Balaban J connectivity index is 1.67. The van der Waals surface area contributed by atoms with Gasteiger partial charge in [-0.05, 0) is 25.3 Å². The van der Waals surface area contributed by atoms with Crippen molar-refractivity contribution in [3.63, 3.8) is 0 Å². The second kappa shape index (κ2) is 3.68. The largest absolute Gasteiger partial charge is 0.355 e. The van der Waals surface area contributed by atoms with E-state index in [4.69, 9.17) is 0 Å². The number of anilines is 1. The van der Waals surface area contributed by atoms with Gasteiger partial charge in [-0.1, -0.05) is 0 Å². The molecular formula is C13H17N5. The first-order valence-corrected chi connectivity index (χ1v) is 6.64. The maximum Gasteiger partial charge on any atom is 0.142 e. The first-order chi connectivity index (χ1) is 8.86. The normalized spacial score (nSPS) is 22.3. The Labute approximate surface area is 106 Å². The van der Waals surface area contributed by atoms with Crippen LogP contribution in [0.2, 0.25) is 0 Å². The summed E-state index contributed by atoms with van der Waals surface area (Å²) in [6, 6.07) is 2.07. The molecule has 1 aliphatic heterocycles. The Kier molecular flexibility index (Phi) is 2.11. The minimum atomic E-state index is 0.457. The SMILES string of the molecule is c1nc(N2CCNC3(CC2)CC3)c2cc[nH]c2n1. The fourth-order valence-corrected chi connectivity index (χ4v) is 2.91. The Morgan fingerprint density at radius 2 is 2.11 bits per heavy atom. The molecule has 0 bridgehead atoms. The molecule has 0 amide bonds. The first-order valence-electron chi connectivity index (χ1n) is 6.64. The van der Waals surface area contributed by atoms with Gasteiger partial charge in [0, 0.05) is 31.4 Å². The van der Waals surface area contributed by atoms with E-state index in [0.717, 1.165) is 36.5 Å². The van der Waals surface area contributed by atoms with Crippen LogP contribution in [0, 0.1) is 0 Å². The third-order valence-electron chi connectivity index (χ3n) is 4.23. The van der Waals surface area contributed by atoms with E-state index in [-0.39, 0.29) is 0 Å². The van der Waals surface area contributed by atoms with Gasteiger partial charge in [0.25, 0.3) is 0 Å². The molecule has 0 aromatic carbocycles. The van der Waals surface area contributed by atoms with Crippen LogP contribution < -0.4 is 10.2 Å². The summed E-state index contributed by atoms with van der Waals surface area (Å²) < 4.78 is 0. The summed E-state index contributed by atoms with van der Waals surface area (Å²) in [6.45, 7) is 3.17. The molecule has 0 radical (unpaired) electrons. The number of hydrogen-bond acceptors (Lipinski definition) is 4. The van der Waals surface area contributed by atoms with Gasteiger partial charge in [0.15, 0.2) is 0 Å². The number of fused-ring (bicyclic) bond motifs is 1. The van der Waals surface area contributed by atoms with Crippen LogP contribution >= 0.6 is 0 Å². The maximum atomic E-state index is 4.48. The summed E-state index contributed by atoms with van der Waals surface area (Å²) in [6.07, 6.45) is 7.48. The maximum absolute atomic E-state index is 4.48. The van der Waals surface area contributed by atoms with Gasteiger partial charge in [0.05, 0.1) is 5.39 Å². The zero-order valence-corrected chi connectivity index (χ0v) is 10.3. The van der Waals surface area contributed by atoms with Crippen molar-refractivity contribution in [1.29, 1.82) is 0 Å². The number of rotatable bonds is 1. The van der Waals surface area contributed by atoms with Gasteiger partial charge in [-0.2, -0.15) is 0 Å². The van der Waals surface area contributed by atoms with Gasteiger partial charge >= 0.3 is 0 Å². The van der Waals surface area contributed by atoms with Crippen LogP contribution in [-0.4, -0.2) is 40.1 Å². The molecule has 1 aliphatic carbocycles. The van der Waals surface area contributed by atoms with Crippen molar-refractivity contribution in [2.24, 2.45) is 0 Å². The van der Waals surface area contributed by atoms with E-state index in [2.05, 4.69) is 31.2 Å². The molecule has 2 aliphatic rings. The lowest BCUT2D eigenvalue weighted by Gasteiger charge is -2.21. The average molecular weight is 243 g/mol. The number of aromatic nitrogens is 3. The van der Waals surface area contributed by atoms with Crippen molar-refractivity contribution in [3.05, 3.63) is 18.6 Å². The van der Waals surface area contributed by atoms with Crippen molar-refractivity contribution < 1.29 is 0 Å². The highest BCUT2D eigenvalue weighted by Crippen LogP contribution is 2.40. The summed E-state index contributed by atoms with van der Waals surface area (Å²) in [7, 11) is 0. The minimum absolute atomic E-state index is 0.457. The summed E-state index contributed by atoms with van der Waals surface area (Å²) >= 11 is 0. The molecule has 18 heavy (non-hydrogen) atoms. The quantitative estimate of drug-likeness (QED) is 0.792. The topological polar surface area (TPSA) is 56.8 Å². The standard InChI is InChI=1S/C13H17N5/c1-5-14-11-10(1)12(16-9-15-11)18-7-4-13(2-3-13)17-6-8-18/h1,5,9,17H,2-4,6-8H2,(H,14,15,16). The van der Waals surface area contributed by atoms with Crippen molar-refractivity contribution >= 4 is 16.9 Å². The molecule has 0 unspecified atom stereocenters. The van der Waals surface area contributed by atoms with Gasteiger partial charge < -0.3 is 15.2 Å². The Hall–Kier alpha value is -1.62. The molecule has 1 spiro atoms. The van der Waals surface area contributed by atoms with Crippen LogP contribution in [0.3, 0.4) is 0 Å². The van der Waals surface area contributed by atoms with Crippen LogP contribution in [0.15, 0.2) is 18.6 Å². The van der Waals surface area contributed by atoms with Crippen molar-refractivity contribution in [2.45, 2.75) is 24.8 Å². The van der Waals surface area contributed by atoms with E-state index in [1.165, 1.54) is 19.3 Å². The van der Waals surface area contributed by atoms with E-state index in [0.29, 0.717) is 5.54 Å². The van der Waals surface area contributed by atoms with Gasteiger partial charge in [-0.25, -0.2) is 9.97 Å². The molecule has 94 valence electrons. The average Bonchev–Trinajstić information content (AvgIpc) is 3.06. The first kappa shape index (κ1) is 10.3. The summed E-state index contributed by atoms with van der Waals surface area (Å²) in [5, 5.41) is 4.81. The fraction of sp³-hybridized carbons (Fsp3) is 0.538. The summed E-state index contributed by atoms with van der Waals surface area (Å²) in [5.74, 6) is 1.07. The second-order valence-corrected chi connectivity index (χ2v) is 5.38. The van der Waals surface area contributed by atoms with Crippen LogP contribution in [0.1, 0.15) is 19.3 Å². The zero-order chi connectivity index (χ0) is 12.0. The third kappa shape index (κ3) is 1.58. The van der Waals surface area contributed by atoms with Crippen molar-refractivity contribution in [2.75, 3.05) is 24.5 Å². The molecule has 3 heterocycles. The fourth-order valence-electron chi connectivity index (χ4n) is 2.91. The molecule has 2 aromatic rings. The van der Waals surface area contributed by atoms with Gasteiger partial charge in [0.2, 0.25) is 0 Å². The Morgan fingerprint density at radius 1 is 1.17 bits per heavy atom. The molecule has 0 atom stereocenters. The lowest BCUT2D eigenvalue weighted by atomic mass is 10.2. The number of hydrogen-bond donors (Lipinski definition) is 2. The molecule has 5 heteroatoms. The molecule has 2 fully saturated rings. The second-order valence-electron chi connectivity index (χ2n) is 5.38. The van der Waals surface area contributed by atoms with E-state index in [1.54, 1.807) is 6.33 Å². The lowest BCUT2D eigenvalue weighted by molar-refractivity contribution is 0.510.